The molecule has 6 aromatic carbocycles. The summed E-state index contributed by atoms with van der Waals surface area (Å²) >= 11 is 0. The van der Waals surface area contributed by atoms with Crippen LogP contribution in [0.15, 0.2) is 189 Å². The molecule has 0 aliphatic heterocycles. The number of carbonyl (C=O) groups is 4. The molecule has 22 nitrogen and oxygen atoms in total. The fourth-order valence-electron chi connectivity index (χ4n) is 12.8. The van der Waals surface area contributed by atoms with Gasteiger partial charge in [-0.2, -0.15) is 13.2 Å². The predicted octanol–water partition coefficient (Wildman–Crippen LogP) is 17.5. The molecule has 4 heterocycles. The second-order valence-electron chi connectivity index (χ2n) is 31.6. The molecule has 0 saturated heterocycles. The zero-order valence-electron chi connectivity index (χ0n) is 67.5. The summed E-state index contributed by atoms with van der Waals surface area (Å²) in [6, 6.07) is 40.9. The number of aryl methyl sites for hydroxylation is 2. The lowest BCUT2D eigenvalue weighted by molar-refractivity contribution is -0.274. The van der Waals surface area contributed by atoms with Gasteiger partial charge in [-0.3, -0.25) is 24.2 Å². The van der Waals surface area contributed by atoms with Gasteiger partial charge in [-0.25, -0.2) is 24.9 Å². The molecule has 116 heavy (non-hydrogen) atoms. The van der Waals surface area contributed by atoms with Gasteiger partial charge < -0.3 is 59.5 Å². The Morgan fingerprint density at radius 2 is 1.20 bits per heavy atom. The SMILES string of the molecule is CCC(C)(CCNC(=O)c1cccc(-c2cc(Nc3ccc(OC(F)(F)F)cc3)ncn2)c1)OCCC(C)(C)NC(=O)c1ccc([Si](C)(C)O[Si](C)(C)c2ccc(C(=O)NCCCC(C)(C)OCCC(C)(C)Oc3cncc(-c4ccnc(Nc5cc(C(=O)Nc6cc(-n7cnc(C)c7)cc(C(F)(F)F)c6)ccc5C)n4)c3)cc2)cc1. The molecular formula is C86H99F6N13O9Si2. The van der Waals surface area contributed by atoms with Gasteiger partial charge in [0.05, 0.1) is 53.0 Å². The first-order chi connectivity index (χ1) is 54.6. The van der Waals surface area contributed by atoms with Crippen molar-refractivity contribution in [3.8, 4) is 39.7 Å². The highest BCUT2D eigenvalue weighted by Gasteiger charge is 2.38. The molecule has 10 rings (SSSR count). The molecule has 612 valence electrons. The summed E-state index contributed by atoms with van der Waals surface area (Å²) in [6.07, 6.45) is 3.40. The van der Waals surface area contributed by atoms with E-state index in [0.717, 1.165) is 28.1 Å². The van der Waals surface area contributed by atoms with E-state index in [1.807, 2.05) is 123 Å². The Labute approximate surface area is 674 Å². The van der Waals surface area contributed by atoms with Crippen LogP contribution in [0.4, 0.5) is 55.2 Å². The van der Waals surface area contributed by atoms with E-state index >= 15 is 0 Å². The minimum atomic E-state index is -4.80. The van der Waals surface area contributed by atoms with Crippen molar-refractivity contribution in [3.63, 3.8) is 0 Å². The van der Waals surface area contributed by atoms with Crippen LogP contribution in [0.3, 0.4) is 0 Å². The number of hydrogen-bond donors (Lipinski definition) is 6. The number of amides is 4. The normalized spacial score (nSPS) is 12.8. The second-order valence-corrected chi connectivity index (χ2v) is 39.7. The molecule has 0 saturated carbocycles. The predicted molar refractivity (Wildman–Crippen MR) is 442 cm³/mol. The van der Waals surface area contributed by atoms with Crippen molar-refractivity contribution in [3.05, 3.63) is 228 Å². The van der Waals surface area contributed by atoms with Crippen molar-refractivity contribution >= 4 is 79.5 Å². The number of hydrogen-bond acceptors (Lipinski definition) is 17. The molecule has 6 N–H and O–H groups in total. The molecule has 0 radical (unpaired) electrons. The van der Waals surface area contributed by atoms with E-state index in [-0.39, 0.29) is 46.4 Å². The lowest BCUT2D eigenvalue weighted by Crippen LogP contribution is -2.57. The van der Waals surface area contributed by atoms with Gasteiger partial charge in [0, 0.05) is 112 Å². The number of ether oxygens (including phenoxy) is 4. The number of pyridine rings is 1. The maximum atomic E-state index is 14.0. The first-order valence-corrected chi connectivity index (χ1v) is 43.9. The lowest BCUT2D eigenvalue weighted by atomic mass is 9.97. The smallest absolute Gasteiger partial charge is 0.486 e. The number of nitrogens with zero attached hydrogens (tertiary/aromatic N) is 7. The Kier molecular flexibility index (Phi) is 27.6. The van der Waals surface area contributed by atoms with Crippen LogP contribution in [0, 0.1) is 13.8 Å². The Bertz CT molecular complexity index is 5090. The second kappa shape index (κ2) is 36.7. The molecule has 30 heteroatoms. The summed E-state index contributed by atoms with van der Waals surface area (Å²) in [5.41, 5.74) is 3.26. The van der Waals surface area contributed by atoms with Gasteiger partial charge in [-0.1, -0.05) is 49.4 Å². The minimum absolute atomic E-state index is 0.0440. The Morgan fingerprint density at radius 3 is 1.86 bits per heavy atom. The highest BCUT2D eigenvalue weighted by Crippen LogP contribution is 2.36. The number of alkyl halides is 6. The first-order valence-electron chi connectivity index (χ1n) is 38.1. The van der Waals surface area contributed by atoms with Crippen molar-refractivity contribution in [1.82, 2.24) is 50.4 Å². The number of benzene rings is 6. The standard InChI is InChI=1S/C86H99F6N13O9Si2/c1-15-84(10,36-41-95-77(107)61-19-16-18-60(44-61)74-50-75(98-54-97-74)100-65-26-28-68(29-27-65)113-86(90,91)92)111-42-37-81(4,5)104-79(109)59-24-32-71(33-25-59)116(13,14)114-115(11,12)70-30-22-58(23-31-70)76(106)94-39-17-35-82(6,7)110-43-38-83(8,9)112-69-45-63(51-93-52-69)72-34-40-96-80(102-72)103-73-46-62(21-20-56(73)2)78(108)101-66-47-64(85(87,88)89)48-67(49-66)105-53-57(3)99-55-105/h16,18-34,40,44-55H,15,17,35-39,41-43H2,1-14H3,(H,94,106)(H,95,107)(H,101,108)(H,104,109)(H,96,102,103)(H,97,98,100). The van der Waals surface area contributed by atoms with Crippen LogP contribution >= 0.6 is 0 Å². The maximum Gasteiger partial charge on any atom is 0.573 e. The van der Waals surface area contributed by atoms with Crippen LogP contribution in [-0.4, -0.2) is 130 Å². The molecule has 10 aromatic rings. The van der Waals surface area contributed by atoms with Crippen LogP contribution < -0.4 is 51.7 Å². The van der Waals surface area contributed by atoms with Crippen LogP contribution in [-0.2, 0) is 19.8 Å². The number of anilines is 5. The van der Waals surface area contributed by atoms with Crippen LogP contribution in [0.2, 0.25) is 26.2 Å². The molecular weight excluding hydrogens is 1530 g/mol. The zero-order chi connectivity index (χ0) is 84.0. The quantitative estimate of drug-likeness (QED) is 0.0121. The first kappa shape index (κ1) is 87.2. The van der Waals surface area contributed by atoms with Crippen LogP contribution in [0.25, 0.3) is 28.2 Å². The van der Waals surface area contributed by atoms with Gasteiger partial charge in [0.1, 0.15) is 29.2 Å². The zero-order valence-corrected chi connectivity index (χ0v) is 69.5. The molecule has 0 spiro atoms. The number of aromatic nitrogens is 7. The van der Waals surface area contributed by atoms with Gasteiger partial charge in [0.25, 0.3) is 23.6 Å². The highest BCUT2D eigenvalue weighted by atomic mass is 28.4. The molecule has 0 aliphatic rings. The maximum absolute atomic E-state index is 14.0. The Hall–Kier alpha value is -11.2. The third-order valence-corrected chi connectivity index (χ3v) is 27.2. The van der Waals surface area contributed by atoms with Crippen molar-refractivity contribution < 1.29 is 68.6 Å². The summed E-state index contributed by atoms with van der Waals surface area (Å²) < 4.78 is 112. The van der Waals surface area contributed by atoms with Gasteiger partial charge in [0.15, 0.2) is 0 Å². The summed E-state index contributed by atoms with van der Waals surface area (Å²) in [5, 5.41) is 20.2. The molecule has 0 bridgehead atoms. The van der Waals surface area contributed by atoms with E-state index < -0.39 is 63.0 Å². The average Bonchev–Trinajstić information content (AvgIpc) is 0.827. The molecule has 1 atom stereocenters. The topological polar surface area (TPSA) is 269 Å². The van der Waals surface area contributed by atoms with E-state index in [1.165, 1.54) is 47.6 Å². The van der Waals surface area contributed by atoms with Gasteiger partial charge in [0.2, 0.25) is 22.6 Å². The summed E-state index contributed by atoms with van der Waals surface area (Å²) in [7, 11) is -5.04. The minimum Gasteiger partial charge on any atom is -0.486 e. The summed E-state index contributed by atoms with van der Waals surface area (Å²) in [4.78, 5) is 80.5. The van der Waals surface area contributed by atoms with Gasteiger partial charge in [-0.05, 0) is 240 Å². The molecule has 1 unspecified atom stereocenters. The van der Waals surface area contributed by atoms with E-state index in [2.05, 4.69) is 87.7 Å². The van der Waals surface area contributed by atoms with Crippen molar-refractivity contribution in [2.75, 3.05) is 42.3 Å². The van der Waals surface area contributed by atoms with Gasteiger partial charge in [-0.15, -0.1) is 13.2 Å². The summed E-state index contributed by atoms with van der Waals surface area (Å²) in [6.45, 7) is 29.6. The molecule has 0 aliphatic carbocycles. The van der Waals surface area contributed by atoms with Gasteiger partial charge >= 0.3 is 12.5 Å². The van der Waals surface area contributed by atoms with Crippen molar-refractivity contribution in [2.45, 2.75) is 169 Å². The van der Waals surface area contributed by atoms with E-state index in [1.54, 1.807) is 80.2 Å². The van der Waals surface area contributed by atoms with E-state index in [9.17, 15) is 45.5 Å². The fourth-order valence-corrected chi connectivity index (χ4v) is 20.8. The number of halogens is 6. The summed E-state index contributed by atoms with van der Waals surface area (Å²) in [5.74, 6) is -0.512. The molecule has 4 aromatic heterocycles. The number of nitrogens with one attached hydrogen (secondary N) is 6. The average molecular weight is 1630 g/mol. The highest BCUT2D eigenvalue weighted by molar-refractivity contribution is 6.96. The monoisotopic (exact) mass is 1630 g/mol. The van der Waals surface area contributed by atoms with Crippen molar-refractivity contribution in [1.29, 1.82) is 0 Å². The van der Waals surface area contributed by atoms with E-state index in [0.29, 0.717) is 133 Å². The Balaban J connectivity index is 0.617. The van der Waals surface area contributed by atoms with E-state index in [4.69, 9.17) is 23.3 Å². The molecule has 0 fully saturated rings. The number of carbonyl (C=O) groups excluding carboxylic acids is 4. The molecule has 4 amide bonds. The fraction of sp³-hybridized carbons (Fsp3) is 0.349. The van der Waals surface area contributed by atoms with Crippen LogP contribution in [0.1, 0.15) is 152 Å². The number of rotatable bonds is 36. The number of imidazole rings is 1. The Morgan fingerprint density at radius 1 is 0.543 bits per heavy atom. The largest absolute Gasteiger partial charge is 0.573 e. The third kappa shape index (κ3) is 25.2. The third-order valence-electron chi connectivity index (χ3n) is 19.7. The van der Waals surface area contributed by atoms with Crippen molar-refractivity contribution in [2.24, 2.45) is 0 Å². The lowest BCUT2D eigenvalue weighted by Gasteiger charge is -2.35. The van der Waals surface area contributed by atoms with Crippen LogP contribution in [0.5, 0.6) is 11.5 Å².